The number of benzene rings is 2. The fourth-order valence-corrected chi connectivity index (χ4v) is 3.50. The molecular weight excluding hydrogens is 381 g/mol. The van der Waals surface area contributed by atoms with Crippen molar-refractivity contribution in [1.82, 2.24) is 9.13 Å². The van der Waals surface area contributed by atoms with Crippen molar-refractivity contribution in [2.24, 2.45) is 4.99 Å². The fraction of sp³-hybridized carbons (Fsp3) is 0.190. The molecule has 2 heterocycles. The summed E-state index contributed by atoms with van der Waals surface area (Å²) >= 11 is 0. The molecule has 1 aliphatic heterocycles. The van der Waals surface area contributed by atoms with Crippen LogP contribution in [0.3, 0.4) is 0 Å². The van der Waals surface area contributed by atoms with Gasteiger partial charge in [0.25, 0.3) is 0 Å². The summed E-state index contributed by atoms with van der Waals surface area (Å²) in [6, 6.07) is 15.3. The Morgan fingerprint density at radius 3 is 2.52 bits per heavy atom. The van der Waals surface area contributed by atoms with E-state index < -0.39 is 11.7 Å². The van der Waals surface area contributed by atoms with Crippen LogP contribution in [0.2, 0.25) is 0 Å². The second-order valence-corrected chi connectivity index (χ2v) is 6.63. The second kappa shape index (κ2) is 7.09. The van der Waals surface area contributed by atoms with Crippen molar-refractivity contribution >= 4 is 5.69 Å². The van der Waals surface area contributed by atoms with E-state index in [4.69, 9.17) is 0 Å². The summed E-state index contributed by atoms with van der Waals surface area (Å²) in [6.45, 7) is 0.486. The van der Waals surface area contributed by atoms with Gasteiger partial charge in [0.15, 0.2) is 5.49 Å². The molecule has 146 valence electrons. The van der Waals surface area contributed by atoms with Crippen LogP contribution in [0.1, 0.15) is 23.2 Å². The molecule has 0 aliphatic carbocycles. The highest BCUT2D eigenvalue weighted by molar-refractivity contribution is 5.44. The highest BCUT2D eigenvalue weighted by Crippen LogP contribution is 2.31. The van der Waals surface area contributed by atoms with Gasteiger partial charge in [0.05, 0.1) is 16.9 Å². The van der Waals surface area contributed by atoms with Crippen LogP contribution in [0, 0.1) is 11.3 Å². The lowest BCUT2D eigenvalue weighted by atomic mass is 10.1. The molecule has 1 aliphatic rings. The van der Waals surface area contributed by atoms with Gasteiger partial charge in [-0.25, -0.2) is 14.4 Å². The Hall–Kier alpha value is -3.60. The monoisotopic (exact) mass is 396 g/mol. The van der Waals surface area contributed by atoms with Crippen molar-refractivity contribution in [3.05, 3.63) is 87.4 Å². The van der Waals surface area contributed by atoms with E-state index >= 15 is 0 Å². The summed E-state index contributed by atoms with van der Waals surface area (Å²) in [5.74, 6) is 0. The van der Waals surface area contributed by atoms with Crippen molar-refractivity contribution < 1.29 is 13.2 Å². The first kappa shape index (κ1) is 18.7. The van der Waals surface area contributed by atoms with Crippen LogP contribution in [0.5, 0.6) is 0 Å². The Balaban J connectivity index is 2.08. The van der Waals surface area contributed by atoms with Crippen molar-refractivity contribution in [2.75, 3.05) is 0 Å². The molecule has 2 aromatic carbocycles. The minimum atomic E-state index is -4.52. The molecule has 0 atom stereocenters. The number of nitrogens with zero attached hydrogens (tertiary/aromatic N) is 4. The van der Waals surface area contributed by atoms with E-state index in [9.17, 15) is 23.2 Å². The first-order valence-electron chi connectivity index (χ1n) is 8.96. The number of para-hydroxylation sites is 1. The molecule has 8 heteroatoms. The van der Waals surface area contributed by atoms with Gasteiger partial charge in [-0.05, 0) is 43.2 Å². The molecule has 0 spiro atoms. The first-order valence-corrected chi connectivity index (χ1v) is 8.96. The van der Waals surface area contributed by atoms with Crippen LogP contribution in [0.4, 0.5) is 18.9 Å². The number of hydrogen-bond donors (Lipinski definition) is 0. The molecule has 0 amide bonds. The van der Waals surface area contributed by atoms with Crippen LogP contribution in [0.25, 0.3) is 5.69 Å². The van der Waals surface area contributed by atoms with Crippen molar-refractivity contribution in [2.45, 2.75) is 25.6 Å². The van der Waals surface area contributed by atoms with Crippen LogP contribution in [-0.4, -0.2) is 9.13 Å². The van der Waals surface area contributed by atoms with E-state index in [1.54, 1.807) is 30.3 Å². The SMILES string of the molecule is N#Cc1c2n(c(=O)n(-c3ccccc3)c1=Nc1cccc(C(F)(F)F)c1)CCC2. The number of nitriles is 1. The van der Waals surface area contributed by atoms with E-state index in [0.29, 0.717) is 30.8 Å². The first-order chi connectivity index (χ1) is 13.9. The van der Waals surface area contributed by atoms with Gasteiger partial charge < -0.3 is 0 Å². The normalized spacial score (nSPS) is 13.9. The number of alkyl halides is 3. The van der Waals surface area contributed by atoms with Crippen LogP contribution >= 0.6 is 0 Å². The van der Waals surface area contributed by atoms with Gasteiger partial charge in [0.1, 0.15) is 11.6 Å². The molecule has 4 rings (SSSR count). The number of aromatic nitrogens is 2. The third kappa shape index (κ3) is 3.36. The lowest BCUT2D eigenvalue weighted by Gasteiger charge is -2.13. The van der Waals surface area contributed by atoms with E-state index in [1.807, 2.05) is 0 Å². The molecule has 3 aromatic rings. The summed E-state index contributed by atoms with van der Waals surface area (Å²) in [5, 5.41) is 9.79. The summed E-state index contributed by atoms with van der Waals surface area (Å²) in [6.07, 6.45) is -3.26. The molecule has 0 fully saturated rings. The molecule has 0 radical (unpaired) electrons. The maximum atomic E-state index is 13.1. The molecule has 29 heavy (non-hydrogen) atoms. The number of rotatable bonds is 2. The second-order valence-electron chi connectivity index (χ2n) is 6.63. The van der Waals surface area contributed by atoms with Crippen molar-refractivity contribution in [3.8, 4) is 11.8 Å². The number of halogens is 3. The quantitative estimate of drug-likeness (QED) is 0.663. The molecule has 1 aromatic heterocycles. The lowest BCUT2D eigenvalue weighted by molar-refractivity contribution is -0.137. The molecule has 0 saturated carbocycles. The van der Waals surface area contributed by atoms with Gasteiger partial charge in [-0.2, -0.15) is 18.4 Å². The lowest BCUT2D eigenvalue weighted by Crippen LogP contribution is -2.41. The fourth-order valence-electron chi connectivity index (χ4n) is 3.50. The average Bonchev–Trinajstić information content (AvgIpc) is 3.19. The Kier molecular flexibility index (Phi) is 4.59. The van der Waals surface area contributed by atoms with Gasteiger partial charge in [-0.1, -0.05) is 24.3 Å². The van der Waals surface area contributed by atoms with Crippen molar-refractivity contribution in [1.29, 1.82) is 5.26 Å². The zero-order chi connectivity index (χ0) is 20.6. The van der Waals surface area contributed by atoms with E-state index in [1.165, 1.54) is 21.3 Å². The van der Waals surface area contributed by atoms with Crippen LogP contribution in [-0.2, 0) is 19.1 Å². The Bertz CT molecular complexity index is 1250. The van der Waals surface area contributed by atoms with Crippen LogP contribution < -0.4 is 11.2 Å². The molecule has 0 bridgehead atoms. The topological polar surface area (TPSA) is 63.1 Å². The number of fused-ring (bicyclic) bond motifs is 1. The molecular formula is C21H15F3N4O. The Morgan fingerprint density at radius 1 is 1.07 bits per heavy atom. The minimum absolute atomic E-state index is 0.0170. The summed E-state index contributed by atoms with van der Waals surface area (Å²) in [4.78, 5) is 17.5. The maximum Gasteiger partial charge on any atom is 0.416 e. The largest absolute Gasteiger partial charge is 0.416 e. The molecule has 0 N–H and O–H groups in total. The van der Waals surface area contributed by atoms with Crippen molar-refractivity contribution in [3.63, 3.8) is 0 Å². The number of hydrogen-bond acceptors (Lipinski definition) is 3. The van der Waals surface area contributed by atoms with E-state index in [-0.39, 0.29) is 22.4 Å². The smallest absolute Gasteiger partial charge is 0.296 e. The average molecular weight is 396 g/mol. The van der Waals surface area contributed by atoms with E-state index in [2.05, 4.69) is 11.1 Å². The molecule has 0 unspecified atom stereocenters. The predicted molar refractivity (Wildman–Crippen MR) is 99.7 cm³/mol. The zero-order valence-electron chi connectivity index (χ0n) is 15.1. The molecule has 5 nitrogen and oxygen atoms in total. The highest BCUT2D eigenvalue weighted by atomic mass is 19.4. The summed E-state index contributed by atoms with van der Waals surface area (Å²) in [5.41, 5.74) is 0.0926. The minimum Gasteiger partial charge on any atom is -0.296 e. The summed E-state index contributed by atoms with van der Waals surface area (Å²) in [7, 11) is 0. The van der Waals surface area contributed by atoms with Gasteiger partial charge in [0, 0.05) is 12.2 Å². The zero-order valence-corrected chi connectivity index (χ0v) is 15.1. The predicted octanol–water partition coefficient (Wildman–Crippen LogP) is 3.71. The standard InChI is InChI=1S/C21H15F3N4O/c22-21(23,24)14-6-4-7-15(12-14)26-19-17(13-25)18-10-5-11-27(18)20(29)28(19)16-8-2-1-3-9-16/h1-4,6-9,12H,5,10-11H2. The van der Waals surface area contributed by atoms with Gasteiger partial charge in [-0.3, -0.25) is 4.57 Å². The van der Waals surface area contributed by atoms with Gasteiger partial charge >= 0.3 is 11.9 Å². The van der Waals surface area contributed by atoms with Crippen LogP contribution in [0.15, 0.2) is 64.4 Å². The Labute approximate surface area is 163 Å². The van der Waals surface area contributed by atoms with Gasteiger partial charge in [0.2, 0.25) is 0 Å². The molecule has 0 saturated heterocycles. The van der Waals surface area contributed by atoms with Gasteiger partial charge in [-0.15, -0.1) is 0 Å². The summed E-state index contributed by atoms with van der Waals surface area (Å²) < 4.78 is 42.1. The van der Waals surface area contributed by atoms with E-state index in [0.717, 1.165) is 12.1 Å². The Morgan fingerprint density at radius 2 is 1.83 bits per heavy atom. The third-order valence-electron chi connectivity index (χ3n) is 4.80. The maximum absolute atomic E-state index is 13.1. The third-order valence-corrected chi connectivity index (χ3v) is 4.80. The highest BCUT2D eigenvalue weighted by Gasteiger charge is 2.30.